The summed E-state index contributed by atoms with van der Waals surface area (Å²) in [4.78, 5) is 35.3. The van der Waals surface area contributed by atoms with Crippen LogP contribution in [0.15, 0.2) is 35.9 Å². The van der Waals surface area contributed by atoms with Crippen LogP contribution in [-0.2, 0) is 23.9 Å². The van der Waals surface area contributed by atoms with Crippen LogP contribution in [0, 0.1) is 5.92 Å². The lowest BCUT2D eigenvalue weighted by atomic mass is 9.99. The number of carboxylic acid groups (broad SMARTS) is 1. The highest BCUT2D eigenvalue weighted by Crippen LogP contribution is 2.18. The summed E-state index contributed by atoms with van der Waals surface area (Å²) in [5, 5.41) is 9.07. The van der Waals surface area contributed by atoms with Crippen LogP contribution in [0.1, 0.15) is 64.4 Å². The summed E-state index contributed by atoms with van der Waals surface area (Å²) in [7, 11) is 0. The molecular weight excluding hydrogens is 428 g/mol. The number of carbonyl (C=O) groups excluding carboxylic acids is 2. The van der Waals surface area contributed by atoms with E-state index in [2.05, 4.69) is 0 Å². The minimum Gasteiger partial charge on any atom is -0.481 e. The summed E-state index contributed by atoms with van der Waals surface area (Å²) in [5.74, 6) is -2.22. The Bertz CT molecular complexity index is 731. The van der Waals surface area contributed by atoms with Crippen molar-refractivity contribution in [2.24, 2.45) is 5.92 Å². The molecule has 0 aromatic heterocycles. The van der Waals surface area contributed by atoms with Gasteiger partial charge in [0.25, 0.3) is 0 Å². The summed E-state index contributed by atoms with van der Waals surface area (Å²) in [6.07, 6.45) is 9.35. The van der Waals surface area contributed by atoms with Crippen molar-refractivity contribution < 1.29 is 29.0 Å². The summed E-state index contributed by atoms with van der Waals surface area (Å²) < 4.78 is 10.6. The highest BCUT2D eigenvalue weighted by atomic mass is 32.2. The largest absolute Gasteiger partial charge is 0.481 e. The minimum absolute atomic E-state index is 0.117. The number of esters is 2. The quantitative estimate of drug-likeness (QED) is 0.200. The van der Waals surface area contributed by atoms with Crippen LogP contribution in [-0.4, -0.2) is 47.7 Å². The fourth-order valence-corrected chi connectivity index (χ4v) is 3.18. The second-order valence-corrected chi connectivity index (χ2v) is 9.00. The van der Waals surface area contributed by atoms with Gasteiger partial charge in [-0.3, -0.25) is 9.59 Å². The highest BCUT2D eigenvalue weighted by molar-refractivity contribution is 7.99. The highest BCUT2D eigenvalue weighted by Gasteiger charge is 2.19. The maximum Gasteiger partial charge on any atom is 0.334 e. The first-order valence-electron chi connectivity index (χ1n) is 11.2. The second-order valence-electron chi connectivity index (χ2n) is 7.83. The van der Waals surface area contributed by atoms with Gasteiger partial charge in [-0.05, 0) is 44.1 Å². The van der Waals surface area contributed by atoms with E-state index in [4.69, 9.17) is 9.47 Å². The molecule has 2 atom stereocenters. The van der Waals surface area contributed by atoms with Crippen molar-refractivity contribution in [3.8, 4) is 0 Å². The number of benzene rings is 1. The number of hydrogen-bond donors (Lipinski definition) is 1. The van der Waals surface area contributed by atoms with Gasteiger partial charge in [0.1, 0.15) is 0 Å². The van der Waals surface area contributed by atoms with Crippen LogP contribution < -0.4 is 0 Å². The summed E-state index contributed by atoms with van der Waals surface area (Å²) >= 11 is 1.48. The van der Waals surface area contributed by atoms with Gasteiger partial charge in [-0.1, -0.05) is 62.9 Å². The van der Waals surface area contributed by atoms with Crippen LogP contribution in [0.2, 0.25) is 0 Å². The molecule has 1 rings (SSSR count). The molecular formula is C25H36O6S. The molecule has 0 fully saturated rings. The molecule has 0 saturated heterocycles. The van der Waals surface area contributed by atoms with Gasteiger partial charge >= 0.3 is 17.9 Å². The fraction of sp³-hybridized carbons (Fsp3) is 0.560. The van der Waals surface area contributed by atoms with Gasteiger partial charge in [-0.2, -0.15) is 11.8 Å². The lowest BCUT2D eigenvalue weighted by Gasteiger charge is -2.11. The van der Waals surface area contributed by atoms with E-state index in [0.717, 1.165) is 44.1 Å². The standard InChI is InChI=1S/C25H36O6S/c1-19(23(26)27)17-22(18-21-13-9-8-10-14-21)25(29)31-16-12-7-5-4-6-11-15-30-24(28)20(2)32-3/h8-10,13-14,18-20H,4-7,11-12,15-17H2,1-3H3,(H,26,27)/b22-18+. The van der Waals surface area contributed by atoms with Gasteiger partial charge in [0.05, 0.1) is 24.4 Å². The molecule has 178 valence electrons. The average molecular weight is 465 g/mol. The zero-order chi connectivity index (χ0) is 23.8. The van der Waals surface area contributed by atoms with Crippen molar-refractivity contribution in [1.82, 2.24) is 0 Å². The lowest BCUT2D eigenvalue weighted by Crippen LogP contribution is -2.17. The first kappa shape index (κ1) is 27.8. The first-order chi connectivity index (χ1) is 15.3. The number of thioether (sulfide) groups is 1. The van der Waals surface area contributed by atoms with E-state index in [1.165, 1.54) is 11.8 Å². The molecule has 0 bridgehead atoms. The number of carboxylic acids is 1. The van der Waals surface area contributed by atoms with Crippen molar-refractivity contribution in [2.45, 2.75) is 64.0 Å². The predicted octanol–water partition coefficient (Wildman–Crippen LogP) is 5.36. The van der Waals surface area contributed by atoms with E-state index >= 15 is 0 Å². The Morgan fingerprint density at radius 2 is 1.50 bits per heavy atom. The Morgan fingerprint density at radius 1 is 0.938 bits per heavy atom. The molecule has 1 aromatic carbocycles. The maximum absolute atomic E-state index is 12.5. The first-order valence-corrected chi connectivity index (χ1v) is 12.5. The van der Waals surface area contributed by atoms with Gasteiger partial charge in [-0.15, -0.1) is 0 Å². The van der Waals surface area contributed by atoms with Crippen LogP contribution >= 0.6 is 11.8 Å². The van der Waals surface area contributed by atoms with Crippen LogP contribution in [0.25, 0.3) is 6.08 Å². The van der Waals surface area contributed by atoms with Crippen LogP contribution in [0.3, 0.4) is 0 Å². The average Bonchev–Trinajstić information content (AvgIpc) is 2.79. The number of aliphatic carboxylic acids is 1. The number of unbranched alkanes of at least 4 members (excludes halogenated alkanes) is 5. The molecule has 0 aliphatic rings. The molecule has 1 aromatic rings. The number of hydrogen-bond acceptors (Lipinski definition) is 6. The zero-order valence-corrected chi connectivity index (χ0v) is 20.2. The second kappa shape index (κ2) is 16.4. The molecule has 7 heteroatoms. The molecule has 0 heterocycles. The smallest absolute Gasteiger partial charge is 0.334 e. The topological polar surface area (TPSA) is 89.9 Å². The third-order valence-electron chi connectivity index (χ3n) is 5.05. The van der Waals surface area contributed by atoms with Gasteiger partial charge in [0.15, 0.2) is 0 Å². The Kier molecular flexibility index (Phi) is 14.2. The third-order valence-corrected chi connectivity index (χ3v) is 5.95. The van der Waals surface area contributed by atoms with Gasteiger partial charge in [0, 0.05) is 5.57 Å². The van der Waals surface area contributed by atoms with Gasteiger partial charge in [-0.25, -0.2) is 4.79 Å². The van der Waals surface area contributed by atoms with Crippen molar-refractivity contribution in [2.75, 3.05) is 19.5 Å². The van der Waals surface area contributed by atoms with E-state index in [0.29, 0.717) is 18.8 Å². The van der Waals surface area contributed by atoms with Gasteiger partial charge in [0.2, 0.25) is 0 Å². The van der Waals surface area contributed by atoms with Crippen LogP contribution in [0.4, 0.5) is 0 Å². The molecule has 0 spiro atoms. The molecule has 2 unspecified atom stereocenters. The van der Waals surface area contributed by atoms with Crippen molar-refractivity contribution in [3.05, 3.63) is 41.5 Å². The van der Waals surface area contributed by atoms with Crippen molar-refractivity contribution in [1.29, 1.82) is 0 Å². The molecule has 6 nitrogen and oxygen atoms in total. The maximum atomic E-state index is 12.5. The zero-order valence-electron chi connectivity index (χ0n) is 19.4. The fourth-order valence-electron chi connectivity index (χ4n) is 2.92. The lowest BCUT2D eigenvalue weighted by molar-refractivity contribution is -0.143. The van der Waals surface area contributed by atoms with E-state index in [1.807, 2.05) is 43.5 Å². The Balaban J connectivity index is 2.28. The summed E-state index contributed by atoms with van der Waals surface area (Å²) in [6.45, 7) is 4.20. The number of rotatable bonds is 16. The molecule has 32 heavy (non-hydrogen) atoms. The van der Waals surface area contributed by atoms with E-state index in [9.17, 15) is 19.5 Å². The van der Waals surface area contributed by atoms with E-state index in [-0.39, 0.29) is 17.6 Å². The Labute approximate surface area is 195 Å². The molecule has 0 radical (unpaired) electrons. The minimum atomic E-state index is -0.940. The Hall–Kier alpha value is -2.28. The monoisotopic (exact) mass is 464 g/mol. The van der Waals surface area contributed by atoms with E-state index < -0.39 is 17.9 Å². The summed E-state index contributed by atoms with van der Waals surface area (Å²) in [6, 6.07) is 9.34. The van der Waals surface area contributed by atoms with E-state index in [1.54, 1.807) is 13.0 Å². The SMILES string of the molecule is CSC(C)C(=O)OCCCCCCCCOC(=O)/C(=C/c1ccccc1)CC(C)C(=O)O. The predicted molar refractivity (Wildman–Crippen MR) is 128 cm³/mol. The molecule has 0 amide bonds. The molecule has 0 aliphatic carbocycles. The molecule has 0 saturated carbocycles. The number of carbonyl (C=O) groups is 3. The van der Waals surface area contributed by atoms with Crippen molar-refractivity contribution in [3.63, 3.8) is 0 Å². The van der Waals surface area contributed by atoms with Crippen LogP contribution in [0.5, 0.6) is 0 Å². The van der Waals surface area contributed by atoms with Crippen molar-refractivity contribution >= 4 is 35.7 Å². The summed E-state index contributed by atoms with van der Waals surface area (Å²) in [5.41, 5.74) is 1.21. The third kappa shape index (κ3) is 11.9. The number of ether oxygens (including phenoxy) is 2. The molecule has 0 aliphatic heterocycles. The van der Waals surface area contributed by atoms with Gasteiger partial charge < -0.3 is 14.6 Å². The normalized spacial score (nSPS) is 13.3. The Morgan fingerprint density at radius 3 is 2.06 bits per heavy atom. The molecule has 1 N–H and O–H groups in total.